The highest BCUT2D eigenvalue weighted by Crippen LogP contribution is 2.45. The molecule has 0 unspecified atom stereocenters. The molecule has 0 saturated heterocycles. The van der Waals surface area contributed by atoms with Gasteiger partial charge in [0.1, 0.15) is 5.82 Å². The van der Waals surface area contributed by atoms with Crippen LogP contribution in [0.3, 0.4) is 0 Å². The molecule has 0 saturated carbocycles. The van der Waals surface area contributed by atoms with Crippen LogP contribution < -0.4 is 0 Å². The maximum absolute atomic E-state index is 9.63. The van der Waals surface area contributed by atoms with Crippen molar-refractivity contribution >= 4 is 43.4 Å². The van der Waals surface area contributed by atoms with Crippen LogP contribution in [0.1, 0.15) is 11.1 Å². The molecule has 3 heteroatoms. The lowest BCUT2D eigenvalue weighted by molar-refractivity contribution is 1.10. The number of nitrogens with zero attached hydrogens (tertiary/aromatic N) is 3. The van der Waals surface area contributed by atoms with E-state index in [1.54, 1.807) is 0 Å². The van der Waals surface area contributed by atoms with Crippen LogP contribution >= 0.6 is 0 Å². The van der Waals surface area contributed by atoms with Crippen molar-refractivity contribution in [2.24, 2.45) is 0 Å². The van der Waals surface area contributed by atoms with Gasteiger partial charge in [0.25, 0.3) is 0 Å². The van der Waals surface area contributed by atoms with Crippen LogP contribution in [-0.4, -0.2) is 9.55 Å². The molecule has 0 N–H and O–H groups in total. The molecule has 224 valence electrons. The molecule has 0 amide bonds. The molecule has 0 fully saturated rings. The summed E-state index contributed by atoms with van der Waals surface area (Å²) in [6.07, 6.45) is 0. The third-order valence-corrected chi connectivity index (χ3v) is 9.48. The Balaban J connectivity index is 1.32. The monoisotopic (exact) mass is 611 g/mol. The summed E-state index contributed by atoms with van der Waals surface area (Å²) in [5, 5.41) is 17.0. The van der Waals surface area contributed by atoms with E-state index in [2.05, 4.69) is 157 Å². The molecule has 0 aliphatic rings. The van der Waals surface area contributed by atoms with Gasteiger partial charge in [-0.15, -0.1) is 0 Å². The second-order valence-corrected chi connectivity index (χ2v) is 12.4. The highest BCUT2D eigenvalue weighted by molar-refractivity contribution is 6.23. The van der Waals surface area contributed by atoms with E-state index in [0.717, 1.165) is 33.7 Å². The van der Waals surface area contributed by atoms with Gasteiger partial charge in [-0.2, -0.15) is 5.26 Å². The summed E-state index contributed by atoms with van der Waals surface area (Å²) >= 11 is 0. The third-order valence-electron chi connectivity index (χ3n) is 9.48. The first-order chi connectivity index (χ1) is 23.7. The number of imidazole rings is 1. The Hall–Kier alpha value is -6.50. The zero-order valence-electron chi connectivity index (χ0n) is 26.4. The molecule has 48 heavy (non-hydrogen) atoms. The average Bonchev–Trinajstić information content (AvgIpc) is 3.53. The summed E-state index contributed by atoms with van der Waals surface area (Å²) in [6.45, 7) is 2.10. The third kappa shape index (κ3) is 4.39. The Morgan fingerprint density at radius 2 is 1.15 bits per heavy atom. The summed E-state index contributed by atoms with van der Waals surface area (Å²) in [4.78, 5) is 5.14. The molecular formula is C45H29N3. The van der Waals surface area contributed by atoms with E-state index in [4.69, 9.17) is 4.98 Å². The van der Waals surface area contributed by atoms with Gasteiger partial charge >= 0.3 is 0 Å². The highest BCUT2D eigenvalue weighted by atomic mass is 15.1. The van der Waals surface area contributed by atoms with Gasteiger partial charge in [0, 0.05) is 11.3 Å². The van der Waals surface area contributed by atoms with Gasteiger partial charge in [0.15, 0.2) is 0 Å². The number of rotatable bonds is 4. The Morgan fingerprint density at radius 1 is 0.542 bits per heavy atom. The standard InChI is InChI=1S/C45H29N3/c1-29-20-23-34(24-21-29)48-42-25-22-30(28-46)26-41(42)47-45(48)33-13-8-12-32(27-33)43-37-15-4-6-17-39(37)44(40-18-7-5-16-38(40)43)36-19-9-11-31-10-2-3-14-35(31)36/h2-27H,1H3. The molecule has 0 aliphatic heterocycles. The van der Waals surface area contributed by atoms with Crippen molar-refractivity contribution in [2.75, 3.05) is 0 Å². The second kappa shape index (κ2) is 11.1. The number of benzene rings is 8. The van der Waals surface area contributed by atoms with Gasteiger partial charge in [0.05, 0.1) is 22.7 Å². The Labute approximate surface area is 278 Å². The van der Waals surface area contributed by atoms with E-state index in [1.165, 1.54) is 54.6 Å². The van der Waals surface area contributed by atoms with Crippen molar-refractivity contribution in [3.05, 3.63) is 169 Å². The molecule has 0 bridgehead atoms. The van der Waals surface area contributed by atoms with Gasteiger partial charge in [-0.05, 0) is 97.9 Å². The van der Waals surface area contributed by atoms with Crippen molar-refractivity contribution in [2.45, 2.75) is 6.92 Å². The summed E-state index contributed by atoms with van der Waals surface area (Å²) in [7, 11) is 0. The second-order valence-electron chi connectivity index (χ2n) is 12.4. The molecule has 1 heterocycles. The van der Waals surface area contributed by atoms with Crippen molar-refractivity contribution < 1.29 is 0 Å². The molecule has 0 aliphatic carbocycles. The zero-order chi connectivity index (χ0) is 32.2. The fraction of sp³-hybridized carbons (Fsp3) is 0.0222. The molecule has 9 aromatic rings. The number of fused-ring (bicyclic) bond motifs is 4. The van der Waals surface area contributed by atoms with Crippen molar-refractivity contribution in [1.29, 1.82) is 5.26 Å². The van der Waals surface area contributed by atoms with E-state index < -0.39 is 0 Å². The fourth-order valence-corrected chi connectivity index (χ4v) is 7.29. The normalized spacial score (nSPS) is 11.4. The minimum absolute atomic E-state index is 0.598. The van der Waals surface area contributed by atoms with E-state index in [1.807, 2.05) is 18.2 Å². The number of nitriles is 1. The number of hydrogen-bond donors (Lipinski definition) is 0. The van der Waals surface area contributed by atoms with Crippen molar-refractivity contribution in [3.8, 4) is 45.4 Å². The van der Waals surface area contributed by atoms with Crippen LogP contribution in [0.4, 0.5) is 0 Å². The van der Waals surface area contributed by atoms with Gasteiger partial charge in [-0.25, -0.2) is 4.98 Å². The van der Waals surface area contributed by atoms with E-state index in [9.17, 15) is 5.26 Å². The van der Waals surface area contributed by atoms with Crippen LogP contribution in [0.2, 0.25) is 0 Å². The first kappa shape index (κ1) is 27.8. The molecule has 0 radical (unpaired) electrons. The summed E-state index contributed by atoms with van der Waals surface area (Å²) in [5.41, 5.74) is 10.4. The lowest BCUT2D eigenvalue weighted by Crippen LogP contribution is -1.98. The van der Waals surface area contributed by atoms with Crippen LogP contribution in [0.5, 0.6) is 0 Å². The lowest BCUT2D eigenvalue weighted by atomic mass is 9.84. The Morgan fingerprint density at radius 3 is 1.85 bits per heavy atom. The predicted octanol–water partition coefficient (Wildman–Crippen LogP) is 11.7. The summed E-state index contributed by atoms with van der Waals surface area (Å²) in [5.74, 6) is 0.840. The SMILES string of the molecule is Cc1ccc(-n2c(-c3cccc(-c4c5ccccc5c(-c5cccc6ccccc56)c5ccccc45)c3)nc3cc(C#N)ccc32)cc1. The van der Waals surface area contributed by atoms with E-state index >= 15 is 0 Å². The van der Waals surface area contributed by atoms with Crippen LogP contribution in [0, 0.1) is 18.3 Å². The van der Waals surface area contributed by atoms with Gasteiger partial charge in [-0.1, -0.05) is 127 Å². The van der Waals surface area contributed by atoms with Crippen LogP contribution in [0.25, 0.3) is 82.7 Å². The quantitative estimate of drug-likeness (QED) is 0.186. The minimum atomic E-state index is 0.598. The van der Waals surface area contributed by atoms with Crippen molar-refractivity contribution in [3.63, 3.8) is 0 Å². The zero-order valence-corrected chi connectivity index (χ0v) is 26.4. The Kier molecular flexibility index (Phi) is 6.42. The van der Waals surface area contributed by atoms with Crippen LogP contribution in [-0.2, 0) is 0 Å². The molecule has 8 aromatic carbocycles. The topological polar surface area (TPSA) is 41.6 Å². The van der Waals surface area contributed by atoms with Crippen molar-refractivity contribution in [1.82, 2.24) is 9.55 Å². The molecule has 3 nitrogen and oxygen atoms in total. The maximum Gasteiger partial charge on any atom is 0.145 e. The molecular weight excluding hydrogens is 583 g/mol. The number of hydrogen-bond acceptors (Lipinski definition) is 2. The maximum atomic E-state index is 9.63. The van der Waals surface area contributed by atoms with Gasteiger partial charge in [0.2, 0.25) is 0 Å². The molecule has 9 rings (SSSR count). The van der Waals surface area contributed by atoms with Gasteiger partial charge in [-0.3, -0.25) is 4.57 Å². The average molecular weight is 612 g/mol. The summed E-state index contributed by atoms with van der Waals surface area (Å²) in [6, 6.07) is 58.1. The number of aromatic nitrogens is 2. The first-order valence-corrected chi connectivity index (χ1v) is 16.2. The number of aryl methyl sites for hydroxylation is 1. The molecule has 0 spiro atoms. The van der Waals surface area contributed by atoms with E-state index in [0.29, 0.717) is 5.56 Å². The largest absolute Gasteiger partial charge is 0.292 e. The molecule has 0 atom stereocenters. The lowest BCUT2D eigenvalue weighted by Gasteiger charge is -2.19. The Bertz CT molecular complexity index is 2680. The minimum Gasteiger partial charge on any atom is -0.292 e. The van der Waals surface area contributed by atoms with Crippen LogP contribution in [0.15, 0.2) is 158 Å². The smallest absolute Gasteiger partial charge is 0.145 e. The molecule has 1 aromatic heterocycles. The first-order valence-electron chi connectivity index (χ1n) is 16.2. The fourth-order valence-electron chi connectivity index (χ4n) is 7.29. The van der Waals surface area contributed by atoms with E-state index in [-0.39, 0.29) is 0 Å². The predicted molar refractivity (Wildman–Crippen MR) is 199 cm³/mol. The summed E-state index contributed by atoms with van der Waals surface area (Å²) < 4.78 is 2.20. The highest BCUT2D eigenvalue weighted by Gasteiger charge is 2.20. The van der Waals surface area contributed by atoms with Gasteiger partial charge < -0.3 is 0 Å².